The molecule has 0 atom stereocenters. The molecule has 0 saturated heterocycles. The lowest BCUT2D eigenvalue weighted by Gasteiger charge is -2.10. The average molecular weight is 402 g/mol. The molecule has 0 bridgehead atoms. The van der Waals surface area contributed by atoms with Gasteiger partial charge in [0.2, 0.25) is 5.91 Å². The van der Waals surface area contributed by atoms with Crippen LogP contribution in [0.3, 0.4) is 0 Å². The fourth-order valence-electron chi connectivity index (χ4n) is 3.00. The van der Waals surface area contributed by atoms with Crippen LogP contribution in [-0.4, -0.2) is 27.1 Å². The maximum Gasteiger partial charge on any atom is 0.256 e. The van der Waals surface area contributed by atoms with Gasteiger partial charge in [0.15, 0.2) is 0 Å². The summed E-state index contributed by atoms with van der Waals surface area (Å²) in [7, 11) is 0. The quantitative estimate of drug-likeness (QED) is 0.479. The Morgan fingerprint density at radius 1 is 0.966 bits per heavy atom. The van der Waals surface area contributed by atoms with Crippen LogP contribution in [0.1, 0.15) is 10.4 Å². The number of hydrogen-bond acceptors (Lipinski definition) is 4. The van der Waals surface area contributed by atoms with Crippen LogP contribution in [0.2, 0.25) is 0 Å². The van der Waals surface area contributed by atoms with Gasteiger partial charge in [-0.3, -0.25) is 14.2 Å². The number of aromatic nitrogens is 2. The van der Waals surface area contributed by atoms with Crippen LogP contribution in [-0.2, 0) is 4.79 Å². The number of nitrogens with two attached hydrogens (primary N) is 1. The number of carbonyl (C=O) groups is 2. The zero-order chi connectivity index (χ0) is 20.2. The molecule has 4 rings (SSSR count). The van der Waals surface area contributed by atoms with E-state index in [-0.39, 0.29) is 11.7 Å². The molecule has 0 radical (unpaired) electrons. The number of imidazole rings is 1. The Morgan fingerprint density at radius 3 is 2.48 bits per heavy atom. The molecule has 0 unspecified atom stereocenters. The van der Waals surface area contributed by atoms with Crippen molar-refractivity contribution in [2.45, 2.75) is 4.90 Å². The number of amides is 2. The highest BCUT2D eigenvalue weighted by atomic mass is 32.2. The molecule has 144 valence electrons. The molecular formula is C22H18N4O2S. The fraction of sp³-hybridized carbons (Fsp3) is 0.0455. The first kappa shape index (κ1) is 18.8. The third-order valence-electron chi connectivity index (χ3n) is 4.36. The number of fused-ring (bicyclic) bond motifs is 1. The lowest BCUT2D eigenvalue weighted by Crippen LogP contribution is -2.15. The zero-order valence-corrected chi connectivity index (χ0v) is 16.2. The second-order valence-electron chi connectivity index (χ2n) is 6.36. The van der Waals surface area contributed by atoms with Crippen molar-refractivity contribution in [3.63, 3.8) is 0 Å². The number of nitrogens with one attached hydrogen (secondary N) is 1. The Hall–Kier alpha value is -3.58. The molecule has 4 aromatic rings. The Balaban J connectivity index is 1.52. The second-order valence-corrected chi connectivity index (χ2v) is 7.37. The normalized spacial score (nSPS) is 10.8. The molecule has 6 nitrogen and oxygen atoms in total. The van der Waals surface area contributed by atoms with Crippen molar-refractivity contribution >= 4 is 40.3 Å². The van der Waals surface area contributed by atoms with E-state index in [1.165, 1.54) is 11.8 Å². The molecule has 0 fully saturated rings. The molecule has 2 amide bonds. The fourth-order valence-corrected chi connectivity index (χ4v) is 3.79. The number of benzene rings is 3. The molecule has 1 heterocycles. The summed E-state index contributed by atoms with van der Waals surface area (Å²) in [6, 6.07) is 22.6. The molecule has 0 saturated carbocycles. The topological polar surface area (TPSA) is 90.0 Å². The maximum absolute atomic E-state index is 12.7. The Labute approximate surface area is 171 Å². The van der Waals surface area contributed by atoms with Crippen LogP contribution in [0.4, 0.5) is 5.69 Å². The van der Waals surface area contributed by atoms with Gasteiger partial charge in [-0.05, 0) is 48.5 Å². The second kappa shape index (κ2) is 8.20. The Kier molecular flexibility index (Phi) is 5.31. The van der Waals surface area contributed by atoms with Crippen molar-refractivity contribution in [3.05, 3.63) is 84.7 Å². The third kappa shape index (κ3) is 4.14. The molecule has 0 aliphatic rings. The van der Waals surface area contributed by atoms with E-state index in [4.69, 9.17) is 5.73 Å². The third-order valence-corrected chi connectivity index (χ3v) is 5.45. The van der Waals surface area contributed by atoms with Gasteiger partial charge in [-0.25, -0.2) is 4.98 Å². The van der Waals surface area contributed by atoms with Crippen molar-refractivity contribution in [2.24, 2.45) is 5.73 Å². The van der Waals surface area contributed by atoms with Crippen LogP contribution in [0.25, 0.3) is 16.7 Å². The summed E-state index contributed by atoms with van der Waals surface area (Å²) in [6.07, 6.45) is 1.78. The van der Waals surface area contributed by atoms with Gasteiger partial charge in [-0.1, -0.05) is 24.3 Å². The molecule has 3 N–H and O–H groups in total. The van der Waals surface area contributed by atoms with Gasteiger partial charge in [-0.2, -0.15) is 0 Å². The number of carbonyl (C=O) groups excluding carboxylic acids is 2. The van der Waals surface area contributed by atoms with Crippen molar-refractivity contribution in [1.82, 2.24) is 9.55 Å². The summed E-state index contributed by atoms with van der Waals surface area (Å²) in [4.78, 5) is 28.9. The van der Waals surface area contributed by atoms with Gasteiger partial charge in [0.1, 0.15) is 6.33 Å². The zero-order valence-electron chi connectivity index (χ0n) is 15.4. The number of anilines is 1. The van der Waals surface area contributed by atoms with Crippen LogP contribution >= 0.6 is 11.8 Å². The molecule has 0 aliphatic heterocycles. The maximum atomic E-state index is 12.7. The highest BCUT2D eigenvalue weighted by Crippen LogP contribution is 2.24. The van der Waals surface area contributed by atoms with Gasteiger partial charge in [0.05, 0.1) is 22.3 Å². The van der Waals surface area contributed by atoms with Crippen molar-refractivity contribution in [2.75, 3.05) is 11.1 Å². The minimum absolute atomic E-state index is 0.123. The first-order valence-corrected chi connectivity index (χ1v) is 9.94. The summed E-state index contributed by atoms with van der Waals surface area (Å²) < 4.78 is 2.00. The van der Waals surface area contributed by atoms with Gasteiger partial charge in [-0.15, -0.1) is 11.8 Å². The minimum Gasteiger partial charge on any atom is -0.369 e. The van der Waals surface area contributed by atoms with E-state index in [0.29, 0.717) is 16.1 Å². The molecule has 0 spiro atoms. The first-order valence-electron chi connectivity index (χ1n) is 8.96. The van der Waals surface area contributed by atoms with Gasteiger partial charge < -0.3 is 11.1 Å². The smallest absolute Gasteiger partial charge is 0.256 e. The number of thioether (sulfide) groups is 1. The Morgan fingerprint density at radius 2 is 1.69 bits per heavy atom. The molecule has 29 heavy (non-hydrogen) atoms. The predicted molar refractivity (Wildman–Crippen MR) is 115 cm³/mol. The molecular weight excluding hydrogens is 384 g/mol. The monoisotopic (exact) mass is 402 g/mol. The van der Waals surface area contributed by atoms with Gasteiger partial charge in [0.25, 0.3) is 5.91 Å². The summed E-state index contributed by atoms with van der Waals surface area (Å²) in [6.45, 7) is 0. The Bertz CT molecular complexity index is 1180. The molecule has 1 aromatic heterocycles. The number of hydrogen-bond donors (Lipinski definition) is 2. The molecule has 3 aromatic carbocycles. The van der Waals surface area contributed by atoms with E-state index >= 15 is 0 Å². The van der Waals surface area contributed by atoms with Crippen molar-refractivity contribution < 1.29 is 9.59 Å². The van der Waals surface area contributed by atoms with Crippen LogP contribution in [0.5, 0.6) is 0 Å². The van der Waals surface area contributed by atoms with E-state index in [1.54, 1.807) is 24.5 Å². The summed E-state index contributed by atoms with van der Waals surface area (Å²) in [5.74, 6) is -0.538. The number of para-hydroxylation sites is 2. The van der Waals surface area contributed by atoms with Gasteiger partial charge in [0, 0.05) is 16.3 Å². The SMILES string of the molecule is NC(=O)CSc1ccccc1C(=O)Nc1ccc(-n2cnc3ccccc32)cc1. The van der Waals surface area contributed by atoms with Crippen molar-refractivity contribution in [3.8, 4) is 5.69 Å². The first-order chi connectivity index (χ1) is 14.1. The highest BCUT2D eigenvalue weighted by molar-refractivity contribution is 8.00. The van der Waals surface area contributed by atoms with E-state index in [0.717, 1.165) is 16.7 Å². The lowest BCUT2D eigenvalue weighted by molar-refractivity contribution is -0.115. The highest BCUT2D eigenvalue weighted by Gasteiger charge is 2.13. The molecule has 7 heteroatoms. The number of rotatable bonds is 6. The van der Waals surface area contributed by atoms with E-state index < -0.39 is 5.91 Å². The van der Waals surface area contributed by atoms with E-state index in [2.05, 4.69) is 10.3 Å². The van der Waals surface area contributed by atoms with E-state index in [9.17, 15) is 9.59 Å². The average Bonchev–Trinajstić information content (AvgIpc) is 3.17. The van der Waals surface area contributed by atoms with Crippen LogP contribution in [0, 0.1) is 0 Å². The number of primary amides is 1. The molecule has 0 aliphatic carbocycles. The van der Waals surface area contributed by atoms with Gasteiger partial charge >= 0.3 is 0 Å². The standard InChI is InChI=1S/C22H18N4O2S/c23-21(27)13-29-20-8-4-1-5-17(20)22(28)25-15-9-11-16(12-10-15)26-14-24-18-6-2-3-7-19(18)26/h1-12,14H,13H2,(H2,23,27)(H,25,28). The van der Waals surface area contributed by atoms with Crippen LogP contribution in [0.15, 0.2) is 84.0 Å². The summed E-state index contributed by atoms with van der Waals surface area (Å²) >= 11 is 1.25. The van der Waals surface area contributed by atoms with E-state index in [1.807, 2.05) is 59.2 Å². The van der Waals surface area contributed by atoms with Crippen LogP contribution < -0.4 is 11.1 Å². The summed E-state index contributed by atoms with van der Waals surface area (Å²) in [5, 5.41) is 2.90. The largest absolute Gasteiger partial charge is 0.369 e. The summed E-state index contributed by atoms with van der Waals surface area (Å²) in [5.41, 5.74) is 9.29. The van der Waals surface area contributed by atoms with Crippen molar-refractivity contribution in [1.29, 1.82) is 0 Å². The minimum atomic E-state index is -0.423. The number of nitrogens with zero attached hydrogens (tertiary/aromatic N) is 2. The lowest BCUT2D eigenvalue weighted by atomic mass is 10.2. The predicted octanol–water partition coefficient (Wildman–Crippen LogP) is 3.86.